The molecule has 5 nitrogen and oxygen atoms in total. The molecule has 5 rings (SSSR count). The molecule has 1 atom stereocenters. The molecule has 2 aromatic rings. The predicted octanol–water partition coefficient (Wildman–Crippen LogP) is 3.01. The number of piperidine rings is 2. The number of aromatic nitrogens is 2. The Bertz CT molecular complexity index is 840. The zero-order valence-corrected chi connectivity index (χ0v) is 15.7. The molecule has 0 bridgehead atoms. The van der Waals surface area contributed by atoms with Crippen molar-refractivity contribution in [3.63, 3.8) is 0 Å². The summed E-state index contributed by atoms with van der Waals surface area (Å²) in [5, 5.41) is 0. The first-order chi connectivity index (χ1) is 12.6. The molecule has 0 unspecified atom stereocenters. The maximum absolute atomic E-state index is 12.3. The van der Waals surface area contributed by atoms with Crippen LogP contribution in [0.25, 0.3) is 5.65 Å². The quantitative estimate of drug-likeness (QED) is 0.853. The average molecular weight is 352 g/mol. The van der Waals surface area contributed by atoms with Gasteiger partial charge in [-0.05, 0) is 57.2 Å². The van der Waals surface area contributed by atoms with Gasteiger partial charge in [-0.1, -0.05) is 6.07 Å². The Morgan fingerprint density at radius 1 is 1.27 bits per heavy atom. The topological polar surface area (TPSA) is 40.9 Å². The molecule has 1 spiro atoms. The van der Waals surface area contributed by atoms with Gasteiger partial charge >= 0.3 is 0 Å². The Balaban J connectivity index is 1.32. The number of likely N-dealkylation sites (tertiary alicyclic amines) is 2. The summed E-state index contributed by atoms with van der Waals surface area (Å²) >= 11 is 0. The van der Waals surface area contributed by atoms with Crippen LogP contribution >= 0.6 is 0 Å². The van der Waals surface area contributed by atoms with Crippen molar-refractivity contribution >= 4 is 11.6 Å². The zero-order chi connectivity index (χ0) is 17.7. The molecule has 26 heavy (non-hydrogen) atoms. The molecule has 0 radical (unpaired) electrons. The molecular weight excluding hydrogens is 324 g/mol. The summed E-state index contributed by atoms with van der Waals surface area (Å²) in [6.07, 6.45) is 11.0. The van der Waals surface area contributed by atoms with Crippen LogP contribution in [-0.4, -0.2) is 50.8 Å². The third-order valence-electron chi connectivity index (χ3n) is 6.54. The Morgan fingerprint density at radius 3 is 2.96 bits per heavy atom. The van der Waals surface area contributed by atoms with E-state index in [1.165, 1.54) is 31.2 Å². The largest absolute Gasteiger partial charge is 0.339 e. The van der Waals surface area contributed by atoms with Crippen molar-refractivity contribution in [1.29, 1.82) is 0 Å². The maximum atomic E-state index is 12.3. The second kappa shape index (κ2) is 6.08. The van der Waals surface area contributed by atoms with Crippen molar-refractivity contribution in [2.45, 2.75) is 58.0 Å². The fourth-order valence-electron chi connectivity index (χ4n) is 5.05. The molecule has 4 heterocycles. The molecule has 2 saturated heterocycles. The summed E-state index contributed by atoms with van der Waals surface area (Å²) in [6, 6.07) is 4.75. The van der Waals surface area contributed by atoms with Crippen molar-refractivity contribution in [3.05, 3.63) is 35.8 Å². The Hall–Kier alpha value is -1.88. The van der Waals surface area contributed by atoms with Crippen LogP contribution in [0.15, 0.2) is 24.5 Å². The number of fused-ring (bicyclic) bond motifs is 1. The number of carbonyl (C=O) groups is 1. The Labute approximate surface area is 155 Å². The highest BCUT2D eigenvalue weighted by molar-refractivity contribution is 5.78. The summed E-state index contributed by atoms with van der Waals surface area (Å²) < 4.78 is 2.14. The van der Waals surface area contributed by atoms with E-state index in [2.05, 4.69) is 45.7 Å². The zero-order valence-electron chi connectivity index (χ0n) is 15.7. The number of aryl methyl sites for hydroxylation is 1. The van der Waals surface area contributed by atoms with Gasteiger partial charge in [0.05, 0.1) is 5.69 Å². The summed E-state index contributed by atoms with van der Waals surface area (Å²) in [5.41, 5.74) is 3.75. The van der Waals surface area contributed by atoms with E-state index in [9.17, 15) is 4.79 Å². The number of hydrogen-bond acceptors (Lipinski definition) is 3. The molecule has 1 aliphatic carbocycles. The highest BCUT2D eigenvalue weighted by Gasteiger charge is 2.45. The number of amides is 1. The van der Waals surface area contributed by atoms with Crippen LogP contribution in [0.4, 0.5) is 0 Å². The smallest absolute Gasteiger partial charge is 0.222 e. The minimum atomic E-state index is 0.309. The molecule has 1 amide bonds. The molecule has 3 fully saturated rings. The van der Waals surface area contributed by atoms with Crippen LogP contribution in [-0.2, 0) is 11.3 Å². The summed E-state index contributed by atoms with van der Waals surface area (Å²) in [5.74, 6) is 0.395. The highest BCUT2D eigenvalue weighted by Crippen LogP contribution is 2.42. The summed E-state index contributed by atoms with van der Waals surface area (Å²) in [6.45, 7) is 6.27. The lowest BCUT2D eigenvalue weighted by atomic mass is 9.73. The van der Waals surface area contributed by atoms with E-state index in [1.54, 1.807) is 0 Å². The second-order valence-corrected chi connectivity index (χ2v) is 8.72. The van der Waals surface area contributed by atoms with Gasteiger partial charge in [0.25, 0.3) is 0 Å². The van der Waals surface area contributed by atoms with Crippen LogP contribution in [0.5, 0.6) is 0 Å². The first-order valence-corrected chi connectivity index (χ1v) is 10.1. The van der Waals surface area contributed by atoms with E-state index in [4.69, 9.17) is 4.98 Å². The third-order valence-corrected chi connectivity index (χ3v) is 6.54. The van der Waals surface area contributed by atoms with E-state index in [-0.39, 0.29) is 0 Å². The average Bonchev–Trinajstić information content (AvgIpc) is 3.38. The maximum Gasteiger partial charge on any atom is 0.222 e. The minimum absolute atomic E-state index is 0.309. The molecule has 3 aliphatic rings. The molecule has 138 valence electrons. The lowest BCUT2D eigenvalue weighted by Gasteiger charge is -2.48. The molecule has 2 aromatic heterocycles. The number of hydrogen-bond donors (Lipinski definition) is 0. The monoisotopic (exact) mass is 352 g/mol. The van der Waals surface area contributed by atoms with Crippen LogP contribution in [0, 0.1) is 12.3 Å². The van der Waals surface area contributed by atoms with E-state index < -0.39 is 0 Å². The third kappa shape index (κ3) is 2.92. The van der Waals surface area contributed by atoms with Crippen molar-refractivity contribution in [3.8, 4) is 0 Å². The first kappa shape index (κ1) is 16.3. The van der Waals surface area contributed by atoms with Crippen LogP contribution < -0.4 is 0 Å². The molecule has 0 N–H and O–H groups in total. The Kier molecular flexibility index (Phi) is 3.82. The summed E-state index contributed by atoms with van der Waals surface area (Å²) in [4.78, 5) is 21.9. The van der Waals surface area contributed by atoms with Crippen molar-refractivity contribution in [2.24, 2.45) is 5.41 Å². The van der Waals surface area contributed by atoms with Crippen LogP contribution in [0.1, 0.15) is 49.8 Å². The van der Waals surface area contributed by atoms with Gasteiger partial charge in [-0.2, -0.15) is 0 Å². The number of nitrogens with zero attached hydrogens (tertiary/aromatic N) is 4. The SMILES string of the molecule is Cc1cccn2cc(CN3CCC[C@@]4(CCC(=O)N(C5CC5)C4)C3)nc12. The van der Waals surface area contributed by atoms with Crippen molar-refractivity contribution < 1.29 is 4.79 Å². The molecule has 0 aromatic carbocycles. The predicted molar refractivity (Wildman–Crippen MR) is 101 cm³/mol. The van der Waals surface area contributed by atoms with Crippen LogP contribution in [0.3, 0.4) is 0 Å². The van der Waals surface area contributed by atoms with Gasteiger partial charge in [0, 0.05) is 49.9 Å². The van der Waals surface area contributed by atoms with E-state index >= 15 is 0 Å². The van der Waals surface area contributed by atoms with Gasteiger partial charge in [0.15, 0.2) is 0 Å². The summed E-state index contributed by atoms with van der Waals surface area (Å²) in [7, 11) is 0. The van der Waals surface area contributed by atoms with E-state index in [0.717, 1.165) is 50.4 Å². The number of carbonyl (C=O) groups excluding carboxylic acids is 1. The molecule has 5 heteroatoms. The molecule has 2 aliphatic heterocycles. The number of rotatable bonds is 3. The normalized spacial score (nSPS) is 27.6. The van der Waals surface area contributed by atoms with Gasteiger partial charge in [-0.3, -0.25) is 9.69 Å². The second-order valence-electron chi connectivity index (χ2n) is 8.72. The van der Waals surface area contributed by atoms with E-state index in [0.29, 0.717) is 17.4 Å². The fourth-order valence-corrected chi connectivity index (χ4v) is 5.05. The standard InChI is InChI=1S/C21H28N4O/c1-16-4-2-11-24-13-17(22-20(16)24)12-23-10-3-8-21(14-23)9-7-19(26)25(15-21)18-5-6-18/h2,4,11,13,18H,3,5-10,12,14-15H2,1H3/t21-/m1/s1. The molecular formula is C21H28N4O. The van der Waals surface area contributed by atoms with Crippen LogP contribution in [0.2, 0.25) is 0 Å². The van der Waals surface area contributed by atoms with Gasteiger partial charge in [-0.15, -0.1) is 0 Å². The van der Waals surface area contributed by atoms with Gasteiger partial charge in [0.1, 0.15) is 5.65 Å². The minimum Gasteiger partial charge on any atom is -0.339 e. The highest BCUT2D eigenvalue weighted by atomic mass is 16.2. The molecule has 1 saturated carbocycles. The lowest BCUT2D eigenvalue weighted by molar-refractivity contribution is -0.140. The lowest BCUT2D eigenvalue weighted by Crippen LogP contribution is -2.54. The van der Waals surface area contributed by atoms with E-state index in [1.807, 2.05) is 0 Å². The first-order valence-electron chi connectivity index (χ1n) is 10.1. The van der Waals surface area contributed by atoms with Crippen molar-refractivity contribution in [2.75, 3.05) is 19.6 Å². The van der Waals surface area contributed by atoms with Gasteiger partial charge < -0.3 is 9.30 Å². The van der Waals surface area contributed by atoms with Crippen molar-refractivity contribution in [1.82, 2.24) is 19.2 Å². The fraction of sp³-hybridized carbons (Fsp3) is 0.619. The van der Waals surface area contributed by atoms with Gasteiger partial charge in [0.2, 0.25) is 5.91 Å². The Morgan fingerprint density at radius 2 is 2.15 bits per heavy atom. The van der Waals surface area contributed by atoms with Gasteiger partial charge in [-0.25, -0.2) is 4.98 Å². The number of pyridine rings is 1. The number of imidazole rings is 1.